The van der Waals surface area contributed by atoms with Gasteiger partial charge in [-0.25, -0.2) is 0 Å². The summed E-state index contributed by atoms with van der Waals surface area (Å²) in [6, 6.07) is 0.645. The van der Waals surface area contributed by atoms with Crippen molar-refractivity contribution in [3.05, 3.63) is 11.6 Å². The lowest BCUT2D eigenvalue weighted by Gasteiger charge is -2.40. The zero-order valence-electron chi connectivity index (χ0n) is 8.89. The van der Waals surface area contributed by atoms with Gasteiger partial charge in [-0.15, -0.1) is 0 Å². The molecule has 2 heteroatoms. The predicted octanol–water partition coefficient (Wildman–Crippen LogP) is 3.11. The molecule has 0 bridgehead atoms. The van der Waals surface area contributed by atoms with Gasteiger partial charge in [-0.3, -0.25) is 4.90 Å². The fraction of sp³-hybridized carbons (Fsp3) is 0.818. The molecule has 3 unspecified atom stereocenters. The Balaban J connectivity index is 2.55. The van der Waals surface area contributed by atoms with Crippen LogP contribution in [0, 0.1) is 11.8 Å². The second-order valence-electron chi connectivity index (χ2n) is 4.51. The Bertz CT molecular complexity index is 191. The minimum Gasteiger partial charge on any atom is -0.295 e. The van der Waals surface area contributed by atoms with Gasteiger partial charge in [0.05, 0.1) is 0 Å². The highest BCUT2D eigenvalue weighted by atomic mass is 35.5. The summed E-state index contributed by atoms with van der Waals surface area (Å²) in [4.78, 5) is 2.44. The smallest absolute Gasteiger partial charge is 0.0338 e. The molecule has 0 radical (unpaired) electrons. The second-order valence-corrected chi connectivity index (χ2v) is 5.04. The standard InChI is InChI=1S/C11H20ClN/c1-8-5-9(2)11(4)13(6-8)7-10(3)12/h8-9,11H,3,5-7H2,1-2,4H3. The molecule has 0 N–H and O–H groups in total. The second kappa shape index (κ2) is 4.47. The van der Waals surface area contributed by atoms with Gasteiger partial charge in [0.25, 0.3) is 0 Å². The van der Waals surface area contributed by atoms with E-state index in [1.54, 1.807) is 0 Å². The summed E-state index contributed by atoms with van der Waals surface area (Å²) in [6.07, 6.45) is 1.34. The van der Waals surface area contributed by atoms with Crippen LogP contribution in [0.15, 0.2) is 11.6 Å². The number of hydrogen-bond acceptors (Lipinski definition) is 1. The van der Waals surface area contributed by atoms with E-state index in [0.717, 1.165) is 30.0 Å². The Labute approximate surface area is 86.8 Å². The third kappa shape index (κ3) is 2.99. The van der Waals surface area contributed by atoms with Gasteiger partial charge in [-0.05, 0) is 25.2 Å². The quantitative estimate of drug-likeness (QED) is 0.664. The first-order chi connectivity index (χ1) is 6.00. The molecule has 1 heterocycles. The Kier molecular flexibility index (Phi) is 3.81. The fourth-order valence-electron chi connectivity index (χ4n) is 2.26. The highest BCUT2D eigenvalue weighted by Gasteiger charge is 2.28. The molecular weight excluding hydrogens is 182 g/mol. The maximum atomic E-state index is 5.84. The van der Waals surface area contributed by atoms with Crippen LogP contribution in [0.1, 0.15) is 27.2 Å². The summed E-state index contributed by atoms with van der Waals surface area (Å²) < 4.78 is 0. The third-order valence-electron chi connectivity index (χ3n) is 3.09. The maximum Gasteiger partial charge on any atom is 0.0338 e. The van der Waals surface area contributed by atoms with E-state index in [4.69, 9.17) is 11.6 Å². The van der Waals surface area contributed by atoms with Gasteiger partial charge < -0.3 is 0 Å². The number of hydrogen-bond donors (Lipinski definition) is 0. The first kappa shape index (κ1) is 11.1. The molecule has 76 valence electrons. The van der Waals surface area contributed by atoms with Crippen molar-refractivity contribution in [2.24, 2.45) is 11.8 Å². The zero-order valence-corrected chi connectivity index (χ0v) is 9.64. The molecule has 0 aromatic carbocycles. The average Bonchev–Trinajstić information content (AvgIpc) is 1.98. The summed E-state index contributed by atoms with van der Waals surface area (Å²) in [5, 5.41) is 0.758. The van der Waals surface area contributed by atoms with E-state index in [1.165, 1.54) is 6.42 Å². The van der Waals surface area contributed by atoms with E-state index in [9.17, 15) is 0 Å². The van der Waals surface area contributed by atoms with Crippen LogP contribution in [0.3, 0.4) is 0 Å². The zero-order chi connectivity index (χ0) is 10.0. The van der Waals surface area contributed by atoms with E-state index < -0.39 is 0 Å². The van der Waals surface area contributed by atoms with Crippen molar-refractivity contribution < 1.29 is 0 Å². The topological polar surface area (TPSA) is 3.24 Å². The molecular formula is C11H20ClN. The number of piperidine rings is 1. The van der Waals surface area contributed by atoms with Gasteiger partial charge in [-0.2, -0.15) is 0 Å². The molecule has 0 spiro atoms. The third-order valence-corrected chi connectivity index (χ3v) is 3.21. The van der Waals surface area contributed by atoms with Gasteiger partial charge in [0, 0.05) is 24.2 Å². The largest absolute Gasteiger partial charge is 0.295 e. The van der Waals surface area contributed by atoms with Gasteiger partial charge in [0.15, 0.2) is 0 Å². The maximum absolute atomic E-state index is 5.84. The molecule has 13 heavy (non-hydrogen) atoms. The van der Waals surface area contributed by atoms with Crippen molar-refractivity contribution in [2.75, 3.05) is 13.1 Å². The molecule has 1 rings (SSSR count). The van der Waals surface area contributed by atoms with Crippen molar-refractivity contribution >= 4 is 11.6 Å². The first-order valence-electron chi connectivity index (χ1n) is 5.08. The van der Waals surface area contributed by atoms with Crippen LogP contribution < -0.4 is 0 Å². The Hall–Kier alpha value is -0.0100. The van der Waals surface area contributed by atoms with Crippen molar-refractivity contribution in [2.45, 2.75) is 33.2 Å². The van der Waals surface area contributed by atoms with Crippen LogP contribution in [0.2, 0.25) is 0 Å². The fourth-order valence-corrected chi connectivity index (χ4v) is 2.42. The minimum absolute atomic E-state index is 0.645. The van der Waals surface area contributed by atoms with Crippen LogP contribution in [0.4, 0.5) is 0 Å². The summed E-state index contributed by atoms with van der Waals surface area (Å²) >= 11 is 5.84. The summed E-state index contributed by atoms with van der Waals surface area (Å²) in [6.45, 7) is 12.7. The van der Waals surface area contributed by atoms with Gasteiger partial charge >= 0.3 is 0 Å². The predicted molar refractivity (Wildman–Crippen MR) is 59.0 cm³/mol. The van der Waals surface area contributed by atoms with Crippen LogP contribution >= 0.6 is 11.6 Å². The van der Waals surface area contributed by atoms with Crippen LogP contribution in [-0.4, -0.2) is 24.0 Å². The SMILES string of the molecule is C=C(Cl)CN1CC(C)CC(C)C1C. The van der Waals surface area contributed by atoms with Crippen molar-refractivity contribution in [1.82, 2.24) is 4.90 Å². The number of halogens is 1. The molecule has 1 nitrogen and oxygen atoms in total. The molecule has 0 aliphatic carbocycles. The molecule has 0 saturated carbocycles. The summed E-state index contributed by atoms with van der Waals surface area (Å²) in [7, 11) is 0. The lowest BCUT2D eigenvalue weighted by Crippen LogP contribution is -2.46. The molecule has 1 aliphatic heterocycles. The van der Waals surface area contributed by atoms with Gasteiger partial charge in [0.2, 0.25) is 0 Å². The molecule has 0 amide bonds. The molecule has 0 aromatic heterocycles. The lowest BCUT2D eigenvalue weighted by atomic mass is 9.86. The lowest BCUT2D eigenvalue weighted by molar-refractivity contribution is 0.0907. The average molecular weight is 202 g/mol. The summed E-state index contributed by atoms with van der Waals surface area (Å²) in [5.41, 5.74) is 0. The Morgan fingerprint density at radius 2 is 2.08 bits per heavy atom. The highest BCUT2D eigenvalue weighted by molar-refractivity contribution is 6.29. The number of nitrogens with zero attached hydrogens (tertiary/aromatic N) is 1. The molecule has 1 saturated heterocycles. The van der Waals surface area contributed by atoms with Gasteiger partial charge in [-0.1, -0.05) is 32.0 Å². The van der Waals surface area contributed by atoms with Crippen LogP contribution in [0.5, 0.6) is 0 Å². The van der Waals surface area contributed by atoms with Crippen LogP contribution in [0.25, 0.3) is 0 Å². The first-order valence-corrected chi connectivity index (χ1v) is 5.45. The normalized spacial score (nSPS) is 36.2. The minimum atomic E-state index is 0.645. The van der Waals surface area contributed by atoms with E-state index >= 15 is 0 Å². The van der Waals surface area contributed by atoms with Crippen molar-refractivity contribution in [1.29, 1.82) is 0 Å². The van der Waals surface area contributed by atoms with E-state index in [1.807, 2.05) is 0 Å². The number of rotatable bonds is 2. The van der Waals surface area contributed by atoms with Crippen LogP contribution in [-0.2, 0) is 0 Å². The molecule has 0 aromatic rings. The van der Waals surface area contributed by atoms with E-state index in [2.05, 4.69) is 32.3 Å². The molecule has 1 fully saturated rings. The van der Waals surface area contributed by atoms with E-state index in [0.29, 0.717) is 6.04 Å². The molecule has 1 aliphatic rings. The summed E-state index contributed by atoms with van der Waals surface area (Å²) in [5.74, 6) is 1.57. The highest BCUT2D eigenvalue weighted by Crippen LogP contribution is 2.27. The van der Waals surface area contributed by atoms with Gasteiger partial charge in [0.1, 0.15) is 0 Å². The Morgan fingerprint density at radius 3 is 2.62 bits per heavy atom. The Morgan fingerprint density at radius 1 is 1.46 bits per heavy atom. The monoisotopic (exact) mass is 201 g/mol. The molecule has 3 atom stereocenters. The van der Waals surface area contributed by atoms with Crippen molar-refractivity contribution in [3.63, 3.8) is 0 Å². The number of likely N-dealkylation sites (tertiary alicyclic amines) is 1. The van der Waals surface area contributed by atoms with E-state index in [-0.39, 0.29) is 0 Å². The van der Waals surface area contributed by atoms with Crippen molar-refractivity contribution in [3.8, 4) is 0 Å².